The topological polar surface area (TPSA) is 35.5 Å². The maximum absolute atomic E-state index is 13.5. The highest BCUT2D eigenvalue weighted by Gasteiger charge is 2.11. The first-order chi connectivity index (χ1) is 10.2. The van der Waals surface area contributed by atoms with E-state index in [9.17, 15) is 9.18 Å². The molecule has 0 saturated carbocycles. The summed E-state index contributed by atoms with van der Waals surface area (Å²) >= 11 is 0. The highest BCUT2D eigenvalue weighted by atomic mass is 19.1. The maximum atomic E-state index is 13.5. The number of methoxy groups -OCH3 is 2. The summed E-state index contributed by atoms with van der Waals surface area (Å²) in [4.78, 5) is 12.2. The van der Waals surface area contributed by atoms with Crippen molar-refractivity contribution in [3.05, 3.63) is 65.5 Å². The number of hydrogen-bond acceptors (Lipinski definition) is 3. The number of hydrogen-bond donors (Lipinski definition) is 0. The third-order valence-corrected chi connectivity index (χ3v) is 2.99. The molecule has 3 nitrogen and oxygen atoms in total. The number of ketones is 1. The first-order valence-electron chi connectivity index (χ1n) is 6.34. The van der Waals surface area contributed by atoms with Crippen LogP contribution >= 0.6 is 0 Å². The molecule has 0 spiro atoms. The van der Waals surface area contributed by atoms with Crippen LogP contribution in [0.3, 0.4) is 0 Å². The first-order valence-corrected chi connectivity index (χ1v) is 6.34. The van der Waals surface area contributed by atoms with E-state index < -0.39 is 0 Å². The largest absolute Gasteiger partial charge is 0.497 e. The van der Waals surface area contributed by atoms with Gasteiger partial charge in [0, 0.05) is 5.56 Å². The molecule has 0 fully saturated rings. The van der Waals surface area contributed by atoms with Crippen molar-refractivity contribution in [2.45, 2.75) is 0 Å². The molecule has 0 atom stereocenters. The van der Waals surface area contributed by atoms with Crippen molar-refractivity contribution in [1.82, 2.24) is 0 Å². The van der Waals surface area contributed by atoms with Crippen molar-refractivity contribution >= 4 is 11.9 Å². The van der Waals surface area contributed by atoms with Crippen molar-refractivity contribution in [1.29, 1.82) is 0 Å². The predicted molar refractivity (Wildman–Crippen MR) is 79.3 cm³/mol. The standard InChI is InChI=1S/C17H15FO3/c1-20-13-8-10-17(21-2)14(11-13)16(19)9-7-12-5-3-4-6-15(12)18/h3-11H,1-2H3. The van der Waals surface area contributed by atoms with Gasteiger partial charge in [0.15, 0.2) is 5.78 Å². The lowest BCUT2D eigenvalue weighted by molar-refractivity contribution is 0.104. The molecule has 2 aromatic carbocycles. The van der Waals surface area contributed by atoms with E-state index in [2.05, 4.69) is 0 Å². The van der Waals surface area contributed by atoms with Crippen LogP contribution < -0.4 is 9.47 Å². The monoisotopic (exact) mass is 286 g/mol. The molecule has 108 valence electrons. The summed E-state index contributed by atoms with van der Waals surface area (Å²) in [5.41, 5.74) is 0.720. The fourth-order valence-electron chi connectivity index (χ4n) is 1.87. The Morgan fingerprint density at radius 1 is 1.10 bits per heavy atom. The Kier molecular flexibility index (Phi) is 4.72. The van der Waals surface area contributed by atoms with E-state index in [4.69, 9.17) is 9.47 Å². The van der Waals surface area contributed by atoms with Gasteiger partial charge < -0.3 is 9.47 Å². The van der Waals surface area contributed by atoms with Gasteiger partial charge in [-0.05, 0) is 36.4 Å². The quantitative estimate of drug-likeness (QED) is 0.620. The van der Waals surface area contributed by atoms with Crippen molar-refractivity contribution in [3.8, 4) is 11.5 Å². The molecule has 0 aromatic heterocycles. The molecular weight excluding hydrogens is 271 g/mol. The molecule has 0 amide bonds. The molecule has 2 rings (SSSR count). The Labute approximate surface area is 122 Å². The van der Waals surface area contributed by atoms with Gasteiger partial charge in [0.05, 0.1) is 19.8 Å². The Morgan fingerprint density at radius 3 is 2.52 bits per heavy atom. The minimum absolute atomic E-state index is 0.283. The van der Waals surface area contributed by atoms with E-state index in [0.717, 1.165) is 0 Å². The summed E-state index contributed by atoms with van der Waals surface area (Å²) < 4.78 is 23.8. The highest BCUT2D eigenvalue weighted by Crippen LogP contribution is 2.25. The lowest BCUT2D eigenvalue weighted by Crippen LogP contribution is -2.00. The third-order valence-electron chi connectivity index (χ3n) is 2.99. The Balaban J connectivity index is 2.30. The smallest absolute Gasteiger partial charge is 0.189 e. The molecule has 0 aliphatic rings. The number of ether oxygens (including phenoxy) is 2. The SMILES string of the molecule is COc1ccc(OC)c(C(=O)C=Cc2ccccc2F)c1. The number of halogens is 1. The molecule has 2 aromatic rings. The fourth-order valence-corrected chi connectivity index (χ4v) is 1.87. The normalized spacial score (nSPS) is 10.6. The lowest BCUT2D eigenvalue weighted by Gasteiger charge is -2.07. The van der Waals surface area contributed by atoms with Gasteiger partial charge >= 0.3 is 0 Å². The van der Waals surface area contributed by atoms with Crippen molar-refractivity contribution in [2.75, 3.05) is 14.2 Å². The van der Waals surface area contributed by atoms with Crippen LogP contribution in [0, 0.1) is 5.82 Å². The second-order valence-electron chi connectivity index (χ2n) is 4.29. The molecule has 4 heteroatoms. The zero-order valence-electron chi connectivity index (χ0n) is 11.8. The second-order valence-corrected chi connectivity index (χ2v) is 4.29. The summed E-state index contributed by atoms with van der Waals surface area (Å²) in [7, 11) is 3.00. The van der Waals surface area contributed by atoms with E-state index >= 15 is 0 Å². The van der Waals surface area contributed by atoms with Crippen molar-refractivity contribution < 1.29 is 18.7 Å². The average Bonchev–Trinajstić information content (AvgIpc) is 2.53. The van der Waals surface area contributed by atoms with Gasteiger partial charge in [-0.1, -0.05) is 18.2 Å². The third kappa shape index (κ3) is 3.48. The molecule has 0 unspecified atom stereocenters. The molecule has 21 heavy (non-hydrogen) atoms. The Bertz CT molecular complexity index is 677. The second kappa shape index (κ2) is 6.70. The van der Waals surface area contributed by atoms with Crippen LogP contribution in [-0.4, -0.2) is 20.0 Å². The van der Waals surface area contributed by atoms with Crippen LogP contribution in [0.4, 0.5) is 4.39 Å². The maximum Gasteiger partial charge on any atom is 0.189 e. The van der Waals surface area contributed by atoms with E-state index in [-0.39, 0.29) is 11.6 Å². The Morgan fingerprint density at radius 2 is 1.86 bits per heavy atom. The van der Waals surface area contributed by atoms with Crippen LogP contribution in [0.25, 0.3) is 6.08 Å². The molecule has 0 aliphatic heterocycles. The molecule has 0 aliphatic carbocycles. The first kappa shape index (κ1) is 14.8. The zero-order valence-corrected chi connectivity index (χ0v) is 11.8. The molecule has 0 heterocycles. The van der Waals surface area contributed by atoms with Gasteiger partial charge in [0.25, 0.3) is 0 Å². The van der Waals surface area contributed by atoms with Crippen LogP contribution in [-0.2, 0) is 0 Å². The molecule has 0 bridgehead atoms. The van der Waals surface area contributed by atoms with E-state index in [0.29, 0.717) is 22.6 Å². The summed E-state index contributed by atoms with van der Waals surface area (Å²) in [5.74, 6) is 0.339. The number of allylic oxidation sites excluding steroid dienone is 1. The van der Waals surface area contributed by atoms with Gasteiger partial charge in [-0.2, -0.15) is 0 Å². The molecular formula is C17H15FO3. The minimum Gasteiger partial charge on any atom is -0.497 e. The van der Waals surface area contributed by atoms with E-state index in [1.807, 2.05) is 0 Å². The molecule has 0 N–H and O–H groups in total. The van der Waals surface area contributed by atoms with Crippen LogP contribution in [0.2, 0.25) is 0 Å². The summed E-state index contributed by atoms with van der Waals surface area (Å²) in [6.45, 7) is 0. The van der Waals surface area contributed by atoms with E-state index in [1.54, 1.807) is 36.4 Å². The molecule has 0 saturated heterocycles. The highest BCUT2D eigenvalue weighted by molar-refractivity contribution is 6.08. The van der Waals surface area contributed by atoms with Gasteiger partial charge in [-0.25, -0.2) is 4.39 Å². The van der Waals surface area contributed by atoms with Crippen LogP contribution in [0.15, 0.2) is 48.5 Å². The van der Waals surface area contributed by atoms with Gasteiger partial charge in [0.1, 0.15) is 17.3 Å². The van der Waals surface area contributed by atoms with Crippen molar-refractivity contribution in [2.24, 2.45) is 0 Å². The van der Waals surface area contributed by atoms with Gasteiger partial charge in [-0.3, -0.25) is 4.79 Å². The van der Waals surface area contributed by atoms with E-state index in [1.165, 1.54) is 32.4 Å². The van der Waals surface area contributed by atoms with Gasteiger partial charge in [0.2, 0.25) is 0 Å². The number of rotatable bonds is 5. The average molecular weight is 286 g/mol. The number of benzene rings is 2. The van der Waals surface area contributed by atoms with Crippen LogP contribution in [0.1, 0.15) is 15.9 Å². The van der Waals surface area contributed by atoms with Crippen molar-refractivity contribution in [3.63, 3.8) is 0 Å². The lowest BCUT2D eigenvalue weighted by atomic mass is 10.1. The summed E-state index contributed by atoms with van der Waals surface area (Å²) in [5, 5.41) is 0. The predicted octanol–water partition coefficient (Wildman–Crippen LogP) is 3.74. The molecule has 0 radical (unpaired) electrons. The summed E-state index contributed by atoms with van der Waals surface area (Å²) in [6.07, 6.45) is 2.76. The minimum atomic E-state index is -0.376. The number of carbonyl (C=O) groups is 1. The fraction of sp³-hybridized carbons (Fsp3) is 0.118. The number of carbonyl (C=O) groups excluding carboxylic acids is 1. The van der Waals surface area contributed by atoms with Gasteiger partial charge in [-0.15, -0.1) is 0 Å². The summed E-state index contributed by atoms with van der Waals surface area (Å²) in [6, 6.07) is 11.2. The van der Waals surface area contributed by atoms with Crippen LogP contribution in [0.5, 0.6) is 11.5 Å². The Hall–Kier alpha value is -2.62. The zero-order chi connectivity index (χ0) is 15.2.